The van der Waals surface area contributed by atoms with Gasteiger partial charge >= 0.3 is 0 Å². The number of rotatable bonds is 2. The zero-order valence-corrected chi connectivity index (χ0v) is 10.8. The molecule has 0 saturated carbocycles. The van der Waals surface area contributed by atoms with Crippen LogP contribution >= 0.6 is 0 Å². The van der Waals surface area contributed by atoms with Crippen molar-refractivity contribution in [2.75, 3.05) is 13.1 Å². The molecule has 2 aliphatic rings. The fourth-order valence-corrected chi connectivity index (χ4v) is 2.35. The lowest BCUT2D eigenvalue weighted by Gasteiger charge is -2.29. The molecule has 90 valence electrons. The minimum atomic E-state index is 0.304. The fourth-order valence-electron chi connectivity index (χ4n) is 2.35. The number of nitrogens with zero attached hydrogens (tertiary/aromatic N) is 3. The van der Waals surface area contributed by atoms with Gasteiger partial charge in [-0.3, -0.25) is 10.3 Å². The Kier molecular flexibility index (Phi) is 3.28. The lowest BCUT2D eigenvalue weighted by Crippen LogP contribution is -2.55. The summed E-state index contributed by atoms with van der Waals surface area (Å²) in [6.45, 7) is 10.9. The van der Waals surface area contributed by atoms with Gasteiger partial charge in [0, 0.05) is 6.04 Å². The minimum absolute atomic E-state index is 0.304. The highest BCUT2D eigenvalue weighted by molar-refractivity contribution is 6.32. The normalized spacial score (nSPS) is 27.9. The van der Waals surface area contributed by atoms with Crippen LogP contribution in [-0.2, 0) is 0 Å². The molecule has 0 spiro atoms. The van der Waals surface area contributed by atoms with Crippen molar-refractivity contribution in [1.29, 1.82) is 0 Å². The summed E-state index contributed by atoms with van der Waals surface area (Å²) in [7, 11) is 0. The van der Waals surface area contributed by atoms with Gasteiger partial charge in [0.25, 0.3) is 0 Å². The lowest BCUT2D eigenvalue weighted by atomic mass is 10.2. The van der Waals surface area contributed by atoms with Crippen LogP contribution in [0.25, 0.3) is 0 Å². The van der Waals surface area contributed by atoms with Crippen molar-refractivity contribution in [3.8, 4) is 0 Å². The van der Waals surface area contributed by atoms with Crippen molar-refractivity contribution >= 4 is 11.9 Å². The highest BCUT2D eigenvalue weighted by Crippen LogP contribution is 2.14. The monoisotopic (exact) mass is 223 g/mol. The Balaban J connectivity index is 2.26. The minimum Gasteiger partial charge on any atom is -0.287 e. The predicted octanol–water partition coefficient (Wildman–Crippen LogP) is 0.877. The van der Waals surface area contributed by atoms with E-state index in [0.717, 1.165) is 13.1 Å². The molecule has 1 N–H and O–H groups in total. The summed E-state index contributed by atoms with van der Waals surface area (Å²) in [5.74, 6) is 0. The van der Waals surface area contributed by atoms with Crippen LogP contribution in [0.2, 0.25) is 0 Å². The van der Waals surface area contributed by atoms with Gasteiger partial charge in [0.05, 0.1) is 6.54 Å². The number of aliphatic imine (C=N–C) groups is 1. The van der Waals surface area contributed by atoms with E-state index in [1.165, 1.54) is 12.1 Å². The van der Waals surface area contributed by atoms with Gasteiger partial charge in [-0.05, 0) is 40.7 Å². The summed E-state index contributed by atoms with van der Waals surface area (Å²) in [5, 5.41) is 5.94. The standard InChI is InChI=1S/C12H23N4/c1-9(2)14-11-8-16(10(3)4)15-7-5-6-13-12(11)15/h8-10,12-13H,5-7H2,1-4H3/q+1. The maximum absolute atomic E-state index is 4.71. The Bertz CT molecular complexity index is 317. The van der Waals surface area contributed by atoms with Gasteiger partial charge in [-0.2, -0.15) is 5.01 Å². The number of nitrogens with one attached hydrogen (secondary N) is 1. The number of hydrazone groups is 1. The SMILES string of the molecule is CC(C)N=C1C=[N+](C(C)C)N2CCCNC12. The first-order chi connectivity index (χ1) is 7.59. The summed E-state index contributed by atoms with van der Waals surface area (Å²) >= 11 is 0. The molecule has 1 fully saturated rings. The molecular weight excluding hydrogens is 200 g/mol. The topological polar surface area (TPSA) is 30.6 Å². The van der Waals surface area contributed by atoms with Crippen LogP contribution in [0.3, 0.4) is 0 Å². The third-order valence-electron chi connectivity index (χ3n) is 2.98. The van der Waals surface area contributed by atoms with E-state index in [1.807, 2.05) is 0 Å². The molecule has 4 nitrogen and oxygen atoms in total. The molecule has 0 amide bonds. The van der Waals surface area contributed by atoms with Crippen LogP contribution in [-0.4, -0.2) is 53.0 Å². The number of hydrogen-bond acceptors (Lipinski definition) is 3. The Morgan fingerprint density at radius 2 is 2.19 bits per heavy atom. The Morgan fingerprint density at radius 3 is 2.81 bits per heavy atom. The Labute approximate surface area is 98.0 Å². The second-order valence-corrected chi connectivity index (χ2v) is 5.12. The third kappa shape index (κ3) is 2.12. The predicted molar refractivity (Wildman–Crippen MR) is 67.1 cm³/mol. The highest BCUT2D eigenvalue weighted by atomic mass is 15.6. The molecule has 2 aliphatic heterocycles. The summed E-state index contributed by atoms with van der Waals surface area (Å²) in [5.41, 5.74) is 1.18. The molecule has 2 rings (SSSR count). The first-order valence-electron chi connectivity index (χ1n) is 6.30. The molecule has 1 unspecified atom stereocenters. The van der Waals surface area contributed by atoms with E-state index in [-0.39, 0.29) is 0 Å². The quantitative estimate of drug-likeness (QED) is 0.704. The van der Waals surface area contributed by atoms with E-state index in [9.17, 15) is 0 Å². The number of fused-ring (bicyclic) bond motifs is 1. The third-order valence-corrected chi connectivity index (χ3v) is 2.98. The maximum Gasteiger partial charge on any atom is 0.218 e. The van der Waals surface area contributed by atoms with Gasteiger partial charge < -0.3 is 0 Å². The van der Waals surface area contributed by atoms with Gasteiger partial charge in [0.1, 0.15) is 5.71 Å². The van der Waals surface area contributed by atoms with Crippen molar-refractivity contribution in [3.63, 3.8) is 0 Å². The zero-order chi connectivity index (χ0) is 11.7. The van der Waals surface area contributed by atoms with Crippen molar-refractivity contribution in [1.82, 2.24) is 10.3 Å². The van der Waals surface area contributed by atoms with Gasteiger partial charge in [-0.1, -0.05) is 0 Å². The molecule has 1 atom stereocenters. The average Bonchev–Trinajstić information content (AvgIpc) is 2.57. The van der Waals surface area contributed by atoms with Crippen LogP contribution < -0.4 is 5.32 Å². The maximum atomic E-state index is 4.71. The second-order valence-electron chi connectivity index (χ2n) is 5.12. The molecule has 0 aliphatic carbocycles. The van der Waals surface area contributed by atoms with Crippen molar-refractivity contribution in [2.45, 2.75) is 52.4 Å². The summed E-state index contributed by atoms with van der Waals surface area (Å²) in [6.07, 6.45) is 3.72. The van der Waals surface area contributed by atoms with Crippen LogP contribution in [0.15, 0.2) is 4.99 Å². The van der Waals surface area contributed by atoms with E-state index in [0.29, 0.717) is 18.2 Å². The molecule has 0 aromatic rings. The Hall–Kier alpha value is -0.900. The van der Waals surface area contributed by atoms with Crippen molar-refractivity contribution < 1.29 is 4.68 Å². The van der Waals surface area contributed by atoms with Crippen LogP contribution in [0.4, 0.5) is 0 Å². The zero-order valence-electron chi connectivity index (χ0n) is 10.8. The first-order valence-corrected chi connectivity index (χ1v) is 6.30. The number of hydrazine groups is 1. The summed E-state index contributed by atoms with van der Waals surface area (Å²) < 4.78 is 2.32. The molecule has 4 heteroatoms. The molecule has 0 aromatic carbocycles. The van der Waals surface area contributed by atoms with Crippen LogP contribution in [0, 0.1) is 0 Å². The van der Waals surface area contributed by atoms with E-state index in [1.54, 1.807) is 0 Å². The largest absolute Gasteiger partial charge is 0.287 e. The summed E-state index contributed by atoms with van der Waals surface area (Å²) in [6, 6.07) is 0.867. The Morgan fingerprint density at radius 1 is 1.44 bits per heavy atom. The first kappa shape index (κ1) is 11.6. The lowest BCUT2D eigenvalue weighted by molar-refractivity contribution is -0.710. The smallest absolute Gasteiger partial charge is 0.218 e. The van der Waals surface area contributed by atoms with Crippen LogP contribution in [0.5, 0.6) is 0 Å². The summed E-state index contributed by atoms with van der Waals surface area (Å²) in [4.78, 5) is 4.71. The van der Waals surface area contributed by atoms with Gasteiger partial charge in [0.15, 0.2) is 12.2 Å². The van der Waals surface area contributed by atoms with Crippen molar-refractivity contribution in [3.05, 3.63) is 0 Å². The van der Waals surface area contributed by atoms with Crippen molar-refractivity contribution in [2.24, 2.45) is 4.99 Å². The van der Waals surface area contributed by atoms with E-state index in [4.69, 9.17) is 4.99 Å². The molecule has 16 heavy (non-hydrogen) atoms. The molecule has 2 heterocycles. The van der Waals surface area contributed by atoms with Crippen LogP contribution in [0.1, 0.15) is 34.1 Å². The second kappa shape index (κ2) is 4.53. The molecule has 0 aromatic heterocycles. The van der Waals surface area contributed by atoms with Gasteiger partial charge in [0.2, 0.25) is 6.21 Å². The molecule has 0 radical (unpaired) electrons. The fraction of sp³-hybridized carbons (Fsp3) is 0.833. The van der Waals surface area contributed by atoms with E-state index in [2.05, 4.69) is 48.9 Å². The molecule has 1 saturated heterocycles. The highest BCUT2D eigenvalue weighted by Gasteiger charge is 2.40. The molecule has 0 bridgehead atoms. The van der Waals surface area contributed by atoms with Gasteiger partial charge in [-0.25, -0.2) is 0 Å². The average molecular weight is 223 g/mol. The number of hydrogen-bond donors (Lipinski definition) is 1. The van der Waals surface area contributed by atoms with E-state index < -0.39 is 0 Å². The molecular formula is C12H23N4+. The van der Waals surface area contributed by atoms with E-state index >= 15 is 0 Å². The van der Waals surface area contributed by atoms with Gasteiger partial charge in [-0.15, -0.1) is 4.68 Å².